The number of hydrogen-bond donors (Lipinski definition) is 1. The third-order valence-electron chi connectivity index (χ3n) is 3.97. The van der Waals surface area contributed by atoms with Crippen molar-refractivity contribution in [2.45, 2.75) is 12.5 Å². The Bertz CT molecular complexity index is 673. The molecule has 0 aliphatic carbocycles. The molecule has 1 atom stereocenters. The fourth-order valence-corrected chi connectivity index (χ4v) is 4.01. The van der Waals surface area contributed by atoms with E-state index in [4.69, 9.17) is 9.47 Å². The van der Waals surface area contributed by atoms with Gasteiger partial charge in [0, 0.05) is 19.1 Å². The van der Waals surface area contributed by atoms with E-state index in [-0.39, 0.29) is 30.8 Å². The van der Waals surface area contributed by atoms with Gasteiger partial charge in [-0.25, -0.2) is 8.42 Å². The van der Waals surface area contributed by atoms with Crippen molar-refractivity contribution >= 4 is 15.8 Å². The van der Waals surface area contributed by atoms with Gasteiger partial charge in [-0.15, -0.1) is 0 Å². The van der Waals surface area contributed by atoms with Gasteiger partial charge < -0.3 is 14.6 Å². The average Bonchev–Trinajstić information content (AvgIpc) is 2.92. The molecule has 1 aromatic rings. The van der Waals surface area contributed by atoms with Crippen LogP contribution in [0.3, 0.4) is 0 Å². The van der Waals surface area contributed by atoms with Crippen molar-refractivity contribution in [1.82, 2.24) is 4.90 Å². The monoisotopic (exact) mass is 327 g/mol. The summed E-state index contributed by atoms with van der Waals surface area (Å²) in [6.07, 6.45) is -0.0836. The molecule has 120 valence electrons. The number of carboxylic acids is 1. The predicted octanol–water partition coefficient (Wildman–Crippen LogP) is 0.661. The molecule has 3 rings (SSSR count). The average molecular weight is 327 g/mol. The Hall–Kier alpha value is -1.80. The van der Waals surface area contributed by atoms with Gasteiger partial charge in [-0.2, -0.15) is 0 Å². The second-order valence-electron chi connectivity index (χ2n) is 5.41. The van der Waals surface area contributed by atoms with Crippen LogP contribution >= 0.6 is 0 Å². The van der Waals surface area contributed by atoms with Crippen LogP contribution in [0.25, 0.3) is 0 Å². The lowest BCUT2D eigenvalue weighted by atomic mass is 10.0. The molecule has 2 heterocycles. The molecule has 1 aromatic carbocycles. The molecule has 8 heteroatoms. The van der Waals surface area contributed by atoms with E-state index >= 15 is 0 Å². The summed E-state index contributed by atoms with van der Waals surface area (Å²) in [5, 5.41) is 9.17. The molecule has 0 saturated carbocycles. The highest BCUT2D eigenvalue weighted by atomic mass is 32.2. The first-order valence-corrected chi connectivity index (χ1v) is 8.82. The number of rotatable bonds is 4. The van der Waals surface area contributed by atoms with Crippen molar-refractivity contribution in [3.8, 4) is 11.5 Å². The minimum atomic E-state index is -3.00. The summed E-state index contributed by atoms with van der Waals surface area (Å²) in [4.78, 5) is 13.1. The molecule has 1 fully saturated rings. The normalized spacial score (nSPS) is 21.5. The van der Waals surface area contributed by atoms with Gasteiger partial charge in [0.1, 0.15) is 0 Å². The Morgan fingerprint density at radius 1 is 1.23 bits per heavy atom. The minimum Gasteiger partial charge on any atom is -0.481 e. The van der Waals surface area contributed by atoms with Crippen molar-refractivity contribution in [3.05, 3.63) is 23.8 Å². The lowest BCUT2D eigenvalue weighted by Gasteiger charge is -2.34. The Balaban J connectivity index is 1.85. The molecule has 0 unspecified atom stereocenters. The van der Waals surface area contributed by atoms with Gasteiger partial charge in [0.25, 0.3) is 0 Å². The standard InChI is InChI=1S/C14H17NO6S/c16-14(17)8-11(15-3-5-22(18,19)6-4-15)10-1-2-12-13(7-10)21-9-20-12/h1-2,7,11H,3-6,8-9H2,(H,16,17)/t11-/m0/s1. The zero-order chi connectivity index (χ0) is 15.7. The van der Waals surface area contributed by atoms with Crippen LogP contribution in [-0.4, -0.2) is 55.8 Å². The van der Waals surface area contributed by atoms with Gasteiger partial charge in [-0.3, -0.25) is 9.69 Å². The van der Waals surface area contributed by atoms with Gasteiger partial charge in [0.05, 0.1) is 17.9 Å². The molecule has 0 amide bonds. The van der Waals surface area contributed by atoms with E-state index in [2.05, 4.69) is 0 Å². The van der Waals surface area contributed by atoms with Crippen molar-refractivity contribution in [2.75, 3.05) is 31.4 Å². The molecule has 2 aliphatic rings. The molecule has 22 heavy (non-hydrogen) atoms. The first-order valence-electron chi connectivity index (χ1n) is 7.00. The second-order valence-corrected chi connectivity index (χ2v) is 7.72. The maximum Gasteiger partial charge on any atom is 0.305 e. The fraction of sp³-hybridized carbons (Fsp3) is 0.500. The highest BCUT2D eigenvalue weighted by molar-refractivity contribution is 7.91. The minimum absolute atomic E-state index is 0.0632. The first kappa shape index (κ1) is 15.1. The molecule has 0 spiro atoms. The lowest BCUT2D eigenvalue weighted by Crippen LogP contribution is -2.42. The molecule has 2 aliphatic heterocycles. The van der Waals surface area contributed by atoms with Crippen LogP contribution in [0.1, 0.15) is 18.0 Å². The summed E-state index contributed by atoms with van der Waals surface area (Å²) in [7, 11) is -3.00. The summed E-state index contributed by atoms with van der Waals surface area (Å²) in [6, 6.07) is 4.97. The molecule has 0 bridgehead atoms. The van der Waals surface area contributed by atoms with E-state index < -0.39 is 15.8 Å². The highest BCUT2D eigenvalue weighted by Crippen LogP contribution is 2.36. The summed E-state index contributed by atoms with van der Waals surface area (Å²) < 4.78 is 33.7. The maximum absolute atomic E-state index is 11.6. The zero-order valence-corrected chi connectivity index (χ0v) is 12.7. The topological polar surface area (TPSA) is 93.1 Å². The van der Waals surface area contributed by atoms with Crippen LogP contribution in [0, 0.1) is 0 Å². The SMILES string of the molecule is O=C(O)C[C@@H](c1ccc2c(c1)OCO2)N1CCS(=O)(=O)CC1. The fourth-order valence-electron chi connectivity index (χ4n) is 2.78. The predicted molar refractivity (Wildman–Crippen MR) is 77.8 cm³/mol. The highest BCUT2D eigenvalue weighted by Gasteiger charge is 2.30. The largest absolute Gasteiger partial charge is 0.481 e. The lowest BCUT2D eigenvalue weighted by molar-refractivity contribution is -0.138. The Labute approximate surface area is 128 Å². The Kier molecular flexibility index (Phi) is 3.96. The first-order chi connectivity index (χ1) is 10.4. The maximum atomic E-state index is 11.6. The number of fused-ring (bicyclic) bond motifs is 1. The van der Waals surface area contributed by atoms with E-state index in [1.165, 1.54) is 0 Å². The third kappa shape index (κ3) is 3.17. The van der Waals surface area contributed by atoms with Gasteiger partial charge in [-0.05, 0) is 17.7 Å². The number of carbonyl (C=O) groups is 1. The van der Waals surface area contributed by atoms with Crippen molar-refractivity contribution in [1.29, 1.82) is 0 Å². The summed E-state index contributed by atoms with van der Waals surface area (Å²) in [6.45, 7) is 0.841. The van der Waals surface area contributed by atoms with E-state index in [1.54, 1.807) is 12.1 Å². The summed E-state index contributed by atoms with van der Waals surface area (Å²) in [5.74, 6) is 0.439. The van der Waals surface area contributed by atoms with Gasteiger partial charge in [0.2, 0.25) is 6.79 Å². The second kappa shape index (κ2) is 5.77. The van der Waals surface area contributed by atoms with E-state index in [0.717, 1.165) is 5.56 Å². The number of benzene rings is 1. The van der Waals surface area contributed by atoms with Gasteiger partial charge >= 0.3 is 5.97 Å². The van der Waals surface area contributed by atoms with Crippen molar-refractivity contribution in [2.24, 2.45) is 0 Å². The molecule has 0 radical (unpaired) electrons. The van der Waals surface area contributed by atoms with Gasteiger partial charge in [-0.1, -0.05) is 6.07 Å². The molecule has 0 aromatic heterocycles. The number of hydrogen-bond acceptors (Lipinski definition) is 6. The quantitative estimate of drug-likeness (QED) is 0.868. The number of aliphatic carboxylic acids is 1. The van der Waals surface area contributed by atoms with Crippen molar-refractivity contribution in [3.63, 3.8) is 0 Å². The van der Waals surface area contributed by atoms with Crippen LogP contribution in [0.5, 0.6) is 11.5 Å². The van der Waals surface area contributed by atoms with Crippen LogP contribution < -0.4 is 9.47 Å². The molecular weight excluding hydrogens is 310 g/mol. The Morgan fingerprint density at radius 3 is 2.59 bits per heavy atom. The molecular formula is C14H17NO6S. The van der Waals surface area contributed by atoms with Crippen LogP contribution in [0.2, 0.25) is 0 Å². The summed E-state index contributed by atoms with van der Waals surface area (Å²) in [5.41, 5.74) is 0.797. The van der Waals surface area contributed by atoms with Crippen LogP contribution in [0.15, 0.2) is 18.2 Å². The molecule has 1 N–H and O–H groups in total. The van der Waals surface area contributed by atoms with Crippen molar-refractivity contribution < 1.29 is 27.8 Å². The smallest absolute Gasteiger partial charge is 0.305 e. The number of sulfone groups is 1. The van der Waals surface area contributed by atoms with E-state index in [0.29, 0.717) is 24.6 Å². The molecule has 7 nitrogen and oxygen atoms in total. The molecule has 1 saturated heterocycles. The van der Waals surface area contributed by atoms with Gasteiger partial charge in [0.15, 0.2) is 21.3 Å². The number of nitrogens with zero attached hydrogens (tertiary/aromatic N) is 1. The van der Waals surface area contributed by atoms with E-state index in [1.807, 2.05) is 11.0 Å². The number of ether oxygens (including phenoxy) is 2. The van der Waals surface area contributed by atoms with E-state index in [9.17, 15) is 18.3 Å². The number of carboxylic acid groups (broad SMARTS) is 1. The third-order valence-corrected chi connectivity index (χ3v) is 5.58. The Morgan fingerprint density at radius 2 is 1.91 bits per heavy atom. The zero-order valence-electron chi connectivity index (χ0n) is 11.9. The van der Waals surface area contributed by atoms with Crippen LogP contribution in [-0.2, 0) is 14.6 Å². The summed E-state index contributed by atoms with van der Waals surface area (Å²) >= 11 is 0. The van der Waals surface area contributed by atoms with Crippen LogP contribution in [0.4, 0.5) is 0 Å².